The smallest absolute Gasteiger partial charge is 0.243 e. The zero-order valence-electron chi connectivity index (χ0n) is 12.9. The number of nitriles is 1. The van der Waals surface area contributed by atoms with Crippen LogP contribution in [0.3, 0.4) is 0 Å². The molecule has 2 rings (SSSR count). The van der Waals surface area contributed by atoms with Gasteiger partial charge in [0, 0.05) is 17.4 Å². The molecule has 0 aliphatic carbocycles. The van der Waals surface area contributed by atoms with E-state index in [9.17, 15) is 4.79 Å². The minimum atomic E-state index is -0.193. The van der Waals surface area contributed by atoms with E-state index in [0.29, 0.717) is 22.7 Å². The number of hydrogen-bond donors (Lipinski definition) is 2. The largest absolute Gasteiger partial charge is 0.493 e. The Kier molecular flexibility index (Phi) is 5.42. The molecule has 0 bridgehead atoms. The van der Waals surface area contributed by atoms with Gasteiger partial charge in [-0.1, -0.05) is 0 Å². The minimum absolute atomic E-state index is 0.111. The summed E-state index contributed by atoms with van der Waals surface area (Å²) >= 11 is 0. The second-order valence-corrected chi connectivity index (χ2v) is 4.66. The number of ether oxygens (including phenoxy) is 2. The highest BCUT2D eigenvalue weighted by molar-refractivity contribution is 5.94. The van der Waals surface area contributed by atoms with E-state index < -0.39 is 0 Å². The zero-order valence-corrected chi connectivity index (χ0v) is 12.9. The molecule has 23 heavy (non-hydrogen) atoms. The Morgan fingerprint density at radius 3 is 2.30 bits per heavy atom. The van der Waals surface area contributed by atoms with Crippen LogP contribution >= 0.6 is 0 Å². The van der Waals surface area contributed by atoms with Crippen LogP contribution < -0.4 is 20.1 Å². The second-order valence-electron chi connectivity index (χ2n) is 4.66. The van der Waals surface area contributed by atoms with Crippen molar-refractivity contribution in [3.63, 3.8) is 0 Å². The van der Waals surface area contributed by atoms with E-state index >= 15 is 0 Å². The van der Waals surface area contributed by atoms with Gasteiger partial charge in [-0.15, -0.1) is 0 Å². The summed E-state index contributed by atoms with van der Waals surface area (Å²) in [7, 11) is 3.09. The van der Waals surface area contributed by atoms with Crippen LogP contribution in [-0.4, -0.2) is 26.7 Å². The normalized spacial score (nSPS) is 9.61. The Labute approximate surface area is 134 Å². The monoisotopic (exact) mass is 311 g/mol. The highest BCUT2D eigenvalue weighted by Gasteiger charge is 2.07. The molecule has 0 fully saturated rings. The molecule has 0 aromatic heterocycles. The van der Waals surface area contributed by atoms with Crippen molar-refractivity contribution >= 4 is 17.3 Å². The molecule has 0 saturated heterocycles. The first-order chi connectivity index (χ1) is 11.2. The summed E-state index contributed by atoms with van der Waals surface area (Å²) in [5.41, 5.74) is 1.96. The maximum atomic E-state index is 12.0. The van der Waals surface area contributed by atoms with Gasteiger partial charge in [0.2, 0.25) is 5.91 Å². The molecule has 1 amide bonds. The van der Waals surface area contributed by atoms with Crippen molar-refractivity contribution in [2.45, 2.75) is 0 Å². The molecule has 0 heterocycles. The summed E-state index contributed by atoms with van der Waals surface area (Å²) in [5.74, 6) is 0.952. The van der Waals surface area contributed by atoms with Gasteiger partial charge in [-0.05, 0) is 36.4 Å². The van der Waals surface area contributed by atoms with Gasteiger partial charge in [-0.3, -0.25) is 4.79 Å². The number of hydrogen-bond acceptors (Lipinski definition) is 5. The maximum absolute atomic E-state index is 12.0. The molecular formula is C17H17N3O3. The molecular weight excluding hydrogens is 294 g/mol. The highest BCUT2D eigenvalue weighted by Crippen LogP contribution is 2.29. The first-order valence-corrected chi connectivity index (χ1v) is 6.92. The van der Waals surface area contributed by atoms with Crippen LogP contribution in [0, 0.1) is 11.3 Å². The Balaban J connectivity index is 1.92. The SMILES string of the molecule is COc1ccc(NC(=O)CNc2ccc(C#N)cc2)cc1OC. The van der Waals surface area contributed by atoms with Gasteiger partial charge in [0.25, 0.3) is 0 Å². The summed E-state index contributed by atoms with van der Waals surface area (Å²) in [6, 6.07) is 14.1. The molecule has 0 spiro atoms. The second kappa shape index (κ2) is 7.71. The summed E-state index contributed by atoms with van der Waals surface area (Å²) < 4.78 is 10.3. The molecule has 6 nitrogen and oxygen atoms in total. The van der Waals surface area contributed by atoms with E-state index in [0.717, 1.165) is 5.69 Å². The fraction of sp³-hybridized carbons (Fsp3) is 0.176. The average molecular weight is 311 g/mol. The number of nitrogens with one attached hydrogen (secondary N) is 2. The van der Waals surface area contributed by atoms with Crippen molar-refractivity contribution in [1.82, 2.24) is 0 Å². The summed E-state index contributed by atoms with van der Waals surface area (Å²) in [6.45, 7) is 0.111. The molecule has 2 N–H and O–H groups in total. The van der Waals surface area contributed by atoms with Crippen molar-refractivity contribution in [3.8, 4) is 17.6 Å². The lowest BCUT2D eigenvalue weighted by atomic mass is 10.2. The predicted octanol–water partition coefficient (Wildman–Crippen LogP) is 2.63. The Bertz CT molecular complexity index is 721. The fourth-order valence-corrected chi connectivity index (χ4v) is 1.96. The molecule has 6 heteroatoms. The number of methoxy groups -OCH3 is 2. The number of carbonyl (C=O) groups excluding carboxylic acids is 1. The zero-order chi connectivity index (χ0) is 16.7. The van der Waals surface area contributed by atoms with E-state index in [1.807, 2.05) is 6.07 Å². The van der Waals surface area contributed by atoms with Crippen LogP contribution in [0.5, 0.6) is 11.5 Å². The van der Waals surface area contributed by atoms with Crippen LogP contribution in [0.2, 0.25) is 0 Å². The van der Waals surface area contributed by atoms with E-state index in [-0.39, 0.29) is 12.5 Å². The quantitative estimate of drug-likeness (QED) is 0.857. The Morgan fingerprint density at radius 1 is 1.04 bits per heavy atom. The van der Waals surface area contributed by atoms with Crippen molar-refractivity contribution < 1.29 is 14.3 Å². The lowest BCUT2D eigenvalue weighted by Gasteiger charge is -2.11. The number of amides is 1. The number of carbonyl (C=O) groups is 1. The van der Waals surface area contributed by atoms with E-state index in [1.54, 1.807) is 49.6 Å². The van der Waals surface area contributed by atoms with Crippen LogP contribution in [-0.2, 0) is 4.79 Å². The van der Waals surface area contributed by atoms with Crippen molar-refractivity contribution in [1.29, 1.82) is 5.26 Å². The van der Waals surface area contributed by atoms with Gasteiger partial charge >= 0.3 is 0 Å². The molecule has 0 saturated carbocycles. The number of nitrogens with zero attached hydrogens (tertiary/aromatic N) is 1. The predicted molar refractivity (Wildman–Crippen MR) is 87.8 cm³/mol. The lowest BCUT2D eigenvalue weighted by Crippen LogP contribution is -2.21. The first kappa shape index (κ1) is 16.2. The molecule has 0 aliphatic heterocycles. The lowest BCUT2D eigenvalue weighted by molar-refractivity contribution is -0.114. The fourth-order valence-electron chi connectivity index (χ4n) is 1.96. The molecule has 2 aromatic rings. The van der Waals surface area contributed by atoms with Gasteiger partial charge in [0.15, 0.2) is 11.5 Å². The van der Waals surface area contributed by atoms with Gasteiger partial charge in [-0.2, -0.15) is 5.26 Å². The minimum Gasteiger partial charge on any atom is -0.493 e. The van der Waals surface area contributed by atoms with Gasteiger partial charge < -0.3 is 20.1 Å². The van der Waals surface area contributed by atoms with Crippen LogP contribution in [0.4, 0.5) is 11.4 Å². The standard InChI is InChI=1S/C17H17N3O3/c1-22-15-8-7-14(9-16(15)23-2)20-17(21)11-19-13-5-3-12(10-18)4-6-13/h3-9,19H,11H2,1-2H3,(H,20,21). The number of anilines is 2. The van der Waals surface area contributed by atoms with Crippen molar-refractivity contribution in [2.24, 2.45) is 0 Å². The topological polar surface area (TPSA) is 83.4 Å². The third-order valence-corrected chi connectivity index (χ3v) is 3.13. The Hall–Kier alpha value is -3.20. The number of rotatable bonds is 6. The van der Waals surface area contributed by atoms with Crippen molar-refractivity contribution in [2.75, 3.05) is 31.4 Å². The van der Waals surface area contributed by atoms with Crippen LogP contribution in [0.15, 0.2) is 42.5 Å². The number of benzene rings is 2. The summed E-state index contributed by atoms with van der Waals surface area (Å²) in [5, 5.41) is 14.5. The van der Waals surface area contributed by atoms with E-state index in [4.69, 9.17) is 14.7 Å². The van der Waals surface area contributed by atoms with Gasteiger partial charge in [0.1, 0.15) is 0 Å². The third-order valence-electron chi connectivity index (χ3n) is 3.13. The third kappa shape index (κ3) is 4.38. The van der Waals surface area contributed by atoms with E-state index in [1.165, 1.54) is 7.11 Å². The summed E-state index contributed by atoms with van der Waals surface area (Å²) in [4.78, 5) is 12.0. The van der Waals surface area contributed by atoms with Crippen LogP contribution in [0.25, 0.3) is 0 Å². The first-order valence-electron chi connectivity index (χ1n) is 6.92. The molecule has 0 radical (unpaired) electrons. The molecule has 2 aromatic carbocycles. The molecule has 0 unspecified atom stereocenters. The maximum Gasteiger partial charge on any atom is 0.243 e. The average Bonchev–Trinajstić information content (AvgIpc) is 2.60. The molecule has 118 valence electrons. The summed E-state index contributed by atoms with van der Waals surface area (Å²) in [6.07, 6.45) is 0. The van der Waals surface area contributed by atoms with Crippen LogP contribution in [0.1, 0.15) is 5.56 Å². The Morgan fingerprint density at radius 2 is 1.70 bits per heavy atom. The van der Waals surface area contributed by atoms with Gasteiger partial charge in [0.05, 0.1) is 32.4 Å². The molecule has 0 atom stereocenters. The van der Waals surface area contributed by atoms with Crippen molar-refractivity contribution in [3.05, 3.63) is 48.0 Å². The van der Waals surface area contributed by atoms with E-state index in [2.05, 4.69) is 10.6 Å². The molecule has 0 aliphatic rings. The van der Waals surface area contributed by atoms with Gasteiger partial charge in [-0.25, -0.2) is 0 Å². The highest BCUT2D eigenvalue weighted by atomic mass is 16.5.